The highest BCUT2D eigenvalue weighted by atomic mass is 32.2. The number of carbonyl (C=O) groups is 3. The number of hydrogen-bond donors (Lipinski definition) is 2. The molecule has 1 heterocycles. The number of amides is 2. The van der Waals surface area contributed by atoms with Gasteiger partial charge >= 0.3 is 5.97 Å². The van der Waals surface area contributed by atoms with Crippen LogP contribution in [-0.4, -0.2) is 39.9 Å². The Labute approximate surface area is 188 Å². The largest absolute Gasteiger partial charge is 0.452 e. The lowest BCUT2D eigenvalue weighted by molar-refractivity contribution is -0.152. The van der Waals surface area contributed by atoms with Gasteiger partial charge in [0.25, 0.3) is 5.91 Å². The predicted octanol–water partition coefficient (Wildman–Crippen LogP) is 4.00. The van der Waals surface area contributed by atoms with E-state index in [0.29, 0.717) is 11.4 Å². The monoisotopic (exact) mass is 455 g/mol. The number of ether oxygens (including phenoxy) is 1. The van der Waals surface area contributed by atoms with Crippen molar-refractivity contribution in [1.29, 1.82) is 0 Å². The second kappa shape index (κ2) is 10.7. The number of aromatic nitrogens is 1. The second-order valence-electron chi connectivity index (χ2n) is 6.95. The van der Waals surface area contributed by atoms with Crippen molar-refractivity contribution in [3.05, 3.63) is 66.6 Å². The number of thioether (sulfide) groups is 1. The number of nitrogens with zero attached hydrogens (tertiary/aromatic N) is 1. The van der Waals surface area contributed by atoms with Crippen LogP contribution in [0.25, 0.3) is 10.9 Å². The predicted molar refractivity (Wildman–Crippen MR) is 123 cm³/mol. The molecule has 0 aliphatic heterocycles. The zero-order valence-corrected chi connectivity index (χ0v) is 18.3. The average molecular weight is 456 g/mol. The highest BCUT2D eigenvalue weighted by Crippen LogP contribution is 2.22. The highest BCUT2D eigenvalue weighted by molar-refractivity contribution is 8.01. The Morgan fingerprint density at radius 2 is 1.78 bits per heavy atom. The van der Waals surface area contributed by atoms with Crippen LogP contribution in [-0.2, 0) is 19.1 Å². The molecule has 2 unspecified atom stereocenters. The summed E-state index contributed by atoms with van der Waals surface area (Å²) in [6.45, 7) is 3.08. The van der Waals surface area contributed by atoms with Crippen molar-refractivity contribution in [2.75, 3.05) is 16.4 Å². The Kier molecular flexibility index (Phi) is 7.77. The minimum atomic E-state index is -1.02. The maximum absolute atomic E-state index is 12.9. The van der Waals surface area contributed by atoms with E-state index in [2.05, 4.69) is 15.6 Å². The summed E-state index contributed by atoms with van der Waals surface area (Å²) in [5.74, 6) is -1.81. The quantitative estimate of drug-likeness (QED) is 0.498. The van der Waals surface area contributed by atoms with E-state index in [1.54, 1.807) is 31.3 Å². The molecule has 0 saturated heterocycles. The number of rotatable bonds is 8. The van der Waals surface area contributed by atoms with Gasteiger partial charge in [-0.1, -0.05) is 6.07 Å². The van der Waals surface area contributed by atoms with Crippen LogP contribution in [0.4, 0.5) is 15.8 Å². The maximum atomic E-state index is 12.9. The number of benzene rings is 2. The molecule has 7 nitrogen and oxygen atoms in total. The normalized spacial score (nSPS) is 12.6. The molecule has 0 aliphatic carbocycles. The van der Waals surface area contributed by atoms with Gasteiger partial charge in [0.2, 0.25) is 5.91 Å². The van der Waals surface area contributed by atoms with Crippen LogP contribution in [0.5, 0.6) is 0 Å². The van der Waals surface area contributed by atoms with Gasteiger partial charge in [0.1, 0.15) is 11.1 Å². The summed E-state index contributed by atoms with van der Waals surface area (Å²) in [6, 6.07) is 14.3. The SMILES string of the molecule is CC(OC(=O)C(C)SCC(=O)Nc1ccc(F)cc1)C(=O)Nc1cccc2ncccc12. The second-order valence-corrected chi connectivity index (χ2v) is 8.28. The molecular formula is C23H22FN3O4S. The molecule has 0 saturated carbocycles. The van der Waals surface area contributed by atoms with Crippen molar-refractivity contribution in [2.24, 2.45) is 0 Å². The molecule has 2 amide bonds. The van der Waals surface area contributed by atoms with Crippen LogP contribution in [0.1, 0.15) is 13.8 Å². The van der Waals surface area contributed by atoms with E-state index >= 15 is 0 Å². The number of nitrogens with one attached hydrogen (secondary N) is 2. The first-order chi connectivity index (χ1) is 15.3. The average Bonchev–Trinajstić information content (AvgIpc) is 2.79. The Hall–Kier alpha value is -3.46. The molecule has 2 aromatic carbocycles. The van der Waals surface area contributed by atoms with E-state index in [0.717, 1.165) is 22.7 Å². The van der Waals surface area contributed by atoms with Crippen molar-refractivity contribution in [3.63, 3.8) is 0 Å². The molecule has 1 aromatic heterocycles. The van der Waals surface area contributed by atoms with Gasteiger partial charge in [-0.2, -0.15) is 0 Å². The third-order valence-electron chi connectivity index (χ3n) is 4.49. The molecule has 0 radical (unpaired) electrons. The first-order valence-electron chi connectivity index (χ1n) is 9.85. The van der Waals surface area contributed by atoms with Crippen LogP contribution >= 0.6 is 11.8 Å². The summed E-state index contributed by atoms with van der Waals surface area (Å²) in [4.78, 5) is 41.1. The van der Waals surface area contributed by atoms with E-state index in [-0.39, 0.29) is 11.7 Å². The number of anilines is 2. The van der Waals surface area contributed by atoms with Gasteiger partial charge in [0, 0.05) is 17.3 Å². The topological polar surface area (TPSA) is 97.4 Å². The fourth-order valence-electron chi connectivity index (χ4n) is 2.77. The zero-order valence-electron chi connectivity index (χ0n) is 17.5. The van der Waals surface area contributed by atoms with Crippen molar-refractivity contribution in [2.45, 2.75) is 25.2 Å². The molecule has 0 fully saturated rings. The third-order valence-corrected chi connectivity index (χ3v) is 5.61. The van der Waals surface area contributed by atoms with Gasteiger partial charge in [-0.3, -0.25) is 19.4 Å². The minimum Gasteiger partial charge on any atom is -0.452 e. The fourth-order valence-corrected chi connectivity index (χ4v) is 3.43. The summed E-state index contributed by atoms with van der Waals surface area (Å²) in [6.07, 6.45) is 0.641. The van der Waals surface area contributed by atoms with Gasteiger partial charge < -0.3 is 15.4 Å². The first kappa shape index (κ1) is 23.2. The van der Waals surface area contributed by atoms with Gasteiger partial charge in [-0.25, -0.2) is 4.39 Å². The summed E-state index contributed by atoms with van der Waals surface area (Å²) >= 11 is 1.07. The summed E-state index contributed by atoms with van der Waals surface area (Å²) < 4.78 is 18.2. The molecule has 166 valence electrons. The molecule has 0 aliphatic rings. The van der Waals surface area contributed by atoms with Crippen molar-refractivity contribution in [3.8, 4) is 0 Å². The highest BCUT2D eigenvalue weighted by Gasteiger charge is 2.23. The van der Waals surface area contributed by atoms with E-state index in [1.807, 2.05) is 12.1 Å². The van der Waals surface area contributed by atoms with Gasteiger partial charge in [-0.15, -0.1) is 11.8 Å². The minimum absolute atomic E-state index is 0.00275. The number of fused-ring (bicyclic) bond motifs is 1. The molecule has 32 heavy (non-hydrogen) atoms. The van der Waals surface area contributed by atoms with E-state index < -0.39 is 29.0 Å². The molecule has 0 spiro atoms. The van der Waals surface area contributed by atoms with Crippen LogP contribution in [0.15, 0.2) is 60.8 Å². The smallest absolute Gasteiger partial charge is 0.319 e. The van der Waals surface area contributed by atoms with Crippen LogP contribution in [0.3, 0.4) is 0 Å². The van der Waals surface area contributed by atoms with Crippen LogP contribution < -0.4 is 10.6 Å². The number of carbonyl (C=O) groups excluding carboxylic acids is 3. The number of esters is 1. The first-order valence-corrected chi connectivity index (χ1v) is 10.9. The van der Waals surface area contributed by atoms with Crippen molar-refractivity contribution in [1.82, 2.24) is 4.98 Å². The maximum Gasteiger partial charge on any atom is 0.319 e. The molecule has 2 N–H and O–H groups in total. The molecule has 2 atom stereocenters. The molecule has 0 bridgehead atoms. The third kappa shape index (κ3) is 6.27. The van der Waals surface area contributed by atoms with Gasteiger partial charge in [-0.05, 0) is 62.4 Å². The Bertz CT molecular complexity index is 1120. The number of halogens is 1. The lowest BCUT2D eigenvalue weighted by Crippen LogP contribution is -2.33. The van der Waals surface area contributed by atoms with Crippen molar-refractivity contribution < 1.29 is 23.5 Å². The Morgan fingerprint density at radius 1 is 1.03 bits per heavy atom. The molecule has 9 heteroatoms. The van der Waals surface area contributed by atoms with Crippen LogP contribution in [0.2, 0.25) is 0 Å². The van der Waals surface area contributed by atoms with E-state index in [4.69, 9.17) is 4.74 Å². The van der Waals surface area contributed by atoms with Crippen molar-refractivity contribution >= 4 is 51.8 Å². The summed E-state index contributed by atoms with van der Waals surface area (Å²) in [5.41, 5.74) is 1.77. The van der Waals surface area contributed by atoms with E-state index in [1.165, 1.54) is 31.2 Å². The lowest BCUT2D eigenvalue weighted by Gasteiger charge is -2.17. The summed E-state index contributed by atoms with van der Waals surface area (Å²) in [5, 5.41) is 5.49. The zero-order chi connectivity index (χ0) is 23.1. The van der Waals surface area contributed by atoms with Gasteiger partial charge in [0.15, 0.2) is 6.10 Å². The summed E-state index contributed by atoms with van der Waals surface area (Å²) in [7, 11) is 0. The molecule has 3 aromatic rings. The standard InChI is InChI=1S/C23H22FN3O4S/c1-14(22(29)27-20-7-3-6-19-18(20)5-4-12-25-19)31-23(30)15(2)32-13-21(28)26-17-10-8-16(24)9-11-17/h3-12,14-15H,13H2,1-2H3,(H,26,28)(H,27,29). The number of pyridine rings is 1. The van der Waals surface area contributed by atoms with E-state index in [9.17, 15) is 18.8 Å². The Morgan fingerprint density at radius 3 is 2.53 bits per heavy atom. The lowest BCUT2D eigenvalue weighted by atomic mass is 10.2. The molecule has 3 rings (SSSR count). The van der Waals surface area contributed by atoms with Crippen LogP contribution in [0, 0.1) is 5.82 Å². The fraction of sp³-hybridized carbons (Fsp3) is 0.217. The molecular weight excluding hydrogens is 433 g/mol. The van der Waals surface area contributed by atoms with Gasteiger partial charge in [0.05, 0.1) is 17.0 Å². The number of hydrogen-bond acceptors (Lipinski definition) is 6. The Balaban J connectivity index is 1.48.